The number of esters is 1. The Morgan fingerprint density at radius 1 is 1.55 bits per heavy atom. The quantitative estimate of drug-likeness (QED) is 0.791. The van der Waals surface area contributed by atoms with E-state index >= 15 is 0 Å². The number of methoxy groups -OCH3 is 1. The second-order valence-corrected chi connectivity index (χ2v) is 5.59. The maximum Gasteiger partial charge on any atom is 0.373 e. The van der Waals surface area contributed by atoms with Gasteiger partial charge in [-0.2, -0.15) is 0 Å². The van der Waals surface area contributed by atoms with Gasteiger partial charge in [-0.3, -0.25) is 4.90 Å². The lowest BCUT2D eigenvalue weighted by Crippen LogP contribution is -2.45. The lowest BCUT2D eigenvalue weighted by atomic mass is 10.0. The summed E-state index contributed by atoms with van der Waals surface area (Å²) in [6.07, 6.45) is 2.43. The van der Waals surface area contributed by atoms with Crippen LogP contribution in [0.4, 0.5) is 0 Å². The Labute approximate surface area is 120 Å². The zero-order valence-corrected chi connectivity index (χ0v) is 12.8. The van der Waals surface area contributed by atoms with Crippen molar-refractivity contribution in [1.82, 2.24) is 9.80 Å². The molecule has 2 unspecified atom stereocenters. The Kier molecular flexibility index (Phi) is 4.83. The third kappa shape index (κ3) is 3.22. The van der Waals surface area contributed by atoms with Crippen molar-refractivity contribution in [1.29, 1.82) is 0 Å². The molecule has 0 amide bonds. The number of furan rings is 1. The van der Waals surface area contributed by atoms with Gasteiger partial charge in [0.25, 0.3) is 0 Å². The monoisotopic (exact) mass is 280 g/mol. The van der Waals surface area contributed by atoms with E-state index in [1.807, 2.05) is 6.07 Å². The van der Waals surface area contributed by atoms with E-state index in [1.165, 1.54) is 26.5 Å². The molecule has 1 fully saturated rings. The molecule has 1 saturated heterocycles. The van der Waals surface area contributed by atoms with E-state index < -0.39 is 5.97 Å². The molecule has 2 heterocycles. The van der Waals surface area contributed by atoms with E-state index in [9.17, 15) is 4.79 Å². The van der Waals surface area contributed by atoms with Gasteiger partial charge in [0, 0.05) is 12.6 Å². The fourth-order valence-corrected chi connectivity index (χ4v) is 2.78. The average molecular weight is 280 g/mol. The SMILES string of the molecule is COC(=O)c1ccc(C(C)N(C)C2CCCN(C)C2)o1. The van der Waals surface area contributed by atoms with Gasteiger partial charge in [0.2, 0.25) is 5.76 Å². The first-order valence-corrected chi connectivity index (χ1v) is 7.11. The van der Waals surface area contributed by atoms with Gasteiger partial charge in [-0.05, 0) is 52.5 Å². The topological polar surface area (TPSA) is 45.9 Å². The zero-order valence-electron chi connectivity index (χ0n) is 12.8. The predicted octanol–water partition coefficient (Wildman–Crippen LogP) is 2.15. The Morgan fingerprint density at radius 2 is 2.30 bits per heavy atom. The molecule has 0 saturated carbocycles. The number of piperidine rings is 1. The smallest absolute Gasteiger partial charge is 0.373 e. The van der Waals surface area contributed by atoms with E-state index in [1.54, 1.807) is 6.07 Å². The van der Waals surface area contributed by atoms with Crippen molar-refractivity contribution in [3.63, 3.8) is 0 Å². The second kappa shape index (κ2) is 6.41. The Balaban J connectivity index is 2.04. The maximum absolute atomic E-state index is 11.4. The fourth-order valence-electron chi connectivity index (χ4n) is 2.78. The first-order valence-electron chi connectivity index (χ1n) is 7.11. The number of hydrogen-bond donors (Lipinski definition) is 0. The molecule has 0 aromatic carbocycles. The summed E-state index contributed by atoms with van der Waals surface area (Å²) in [5, 5.41) is 0. The van der Waals surface area contributed by atoms with E-state index in [4.69, 9.17) is 4.42 Å². The standard InChI is InChI=1S/C15H24N2O3/c1-11(13-7-8-14(20-13)15(18)19-4)17(3)12-6-5-9-16(2)10-12/h7-8,11-12H,5-6,9-10H2,1-4H3. The number of likely N-dealkylation sites (tertiary alicyclic amines) is 1. The molecule has 0 N–H and O–H groups in total. The van der Waals surface area contributed by atoms with Crippen LogP contribution >= 0.6 is 0 Å². The van der Waals surface area contributed by atoms with E-state index in [-0.39, 0.29) is 11.8 Å². The Hall–Kier alpha value is -1.33. The van der Waals surface area contributed by atoms with Crippen molar-refractivity contribution in [3.05, 3.63) is 23.7 Å². The van der Waals surface area contributed by atoms with Crippen molar-refractivity contribution >= 4 is 5.97 Å². The molecule has 1 aliphatic heterocycles. The summed E-state index contributed by atoms with van der Waals surface area (Å²) in [5.41, 5.74) is 0. The molecule has 112 valence electrons. The van der Waals surface area contributed by atoms with Gasteiger partial charge in [0.15, 0.2) is 0 Å². The first kappa shape index (κ1) is 15.1. The molecule has 5 heteroatoms. The molecule has 0 spiro atoms. The molecule has 1 aromatic rings. The molecule has 0 radical (unpaired) electrons. The Morgan fingerprint density at radius 3 is 2.95 bits per heavy atom. The summed E-state index contributed by atoms with van der Waals surface area (Å²) in [6, 6.07) is 4.21. The van der Waals surface area contributed by atoms with Crippen LogP contribution in [0.3, 0.4) is 0 Å². The largest absolute Gasteiger partial charge is 0.463 e. The van der Waals surface area contributed by atoms with Crippen molar-refractivity contribution < 1.29 is 13.9 Å². The molecule has 2 rings (SSSR count). The highest BCUT2D eigenvalue weighted by atomic mass is 16.5. The molecule has 20 heavy (non-hydrogen) atoms. The summed E-state index contributed by atoms with van der Waals surface area (Å²) in [7, 11) is 5.64. The first-order chi connectivity index (χ1) is 9.52. The van der Waals surface area contributed by atoms with E-state index in [0.29, 0.717) is 6.04 Å². The number of nitrogens with zero attached hydrogens (tertiary/aromatic N) is 2. The van der Waals surface area contributed by atoms with E-state index in [2.05, 4.69) is 35.6 Å². The molecule has 2 atom stereocenters. The van der Waals surface area contributed by atoms with Crippen molar-refractivity contribution in [3.8, 4) is 0 Å². The minimum absolute atomic E-state index is 0.143. The molecule has 1 aromatic heterocycles. The van der Waals surface area contributed by atoms with Crippen LogP contribution in [0, 0.1) is 0 Å². The van der Waals surface area contributed by atoms with Crippen LogP contribution < -0.4 is 0 Å². The fraction of sp³-hybridized carbons (Fsp3) is 0.667. The van der Waals surface area contributed by atoms with Gasteiger partial charge >= 0.3 is 5.97 Å². The average Bonchev–Trinajstić information content (AvgIpc) is 2.94. The number of likely N-dealkylation sites (N-methyl/N-ethyl adjacent to an activating group) is 2. The number of hydrogen-bond acceptors (Lipinski definition) is 5. The Bertz CT molecular complexity index is 458. The maximum atomic E-state index is 11.4. The zero-order chi connectivity index (χ0) is 14.7. The lowest BCUT2D eigenvalue weighted by molar-refractivity contribution is 0.0553. The number of carbonyl (C=O) groups is 1. The van der Waals surface area contributed by atoms with Crippen LogP contribution in [0.2, 0.25) is 0 Å². The molecule has 0 bridgehead atoms. The van der Waals surface area contributed by atoms with Crippen molar-refractivity contribution in [2.75, 3.05) is 34.3 Å². The van der Waals surface area contributed by atoms with Crippen molar-refractivity contribution in [2.45, 2.75) is 31.8 Å². The van der Waals surface area contributed by atoms with E-state index in [0.717, 1.165) is 12.3 Å². The normalized spacial score (nSPS) is 21.9. The lowest BCUT2D eigenvalue weighted by Gasteiger charge is -2.38. The summed E-state index contributed by atoms with van der Waals surface area (Å²) >= 11 is 0. The summed E-state index contributed by atoms with van der Waals surface area (Å²) in [6.45, 7) is 4.35. The van der Waals surface area contributed by atoms with Crippen LogP contribution in [0.25, 0.3) is 0 Å². The third-order valence-electron chi connectivity index (χ3n) is 4.21. The number of ether oxygens (including phenoxy) is 1. The number of rotatable bonds is 4. The predicted molar refractivity (Wildman–Crippen MR) is 76.7 cm³/mol. The highest BCUT2D eigenvalue weighted by Crippen LogP contribution is 2.26. The van der Waals surface area contributed by atoms with Crippen LogP contribution in [0.15, 0.2) is 16.5 Å². The minimum atomic E-state index is -0.427. The van der Waals surface area contributed by atoms with Gasteiger partial charge < -0.3 is 14.1 Å². The van der Waals surface area contributed by atoms with Gasteiger partial charge in [-0.1, -0.05) is 0 Å². The summed E-state index contributed by atoms with van der Waals surface area (Å²) in [4.78, 5) is 16.1. The molecule has 1 aliphatic rings. The second-order valence-electron chi connectivity index (χ2n) is 5.59. The van der Waals surface area contributed by atoms with Gasteiger partial charge in [0.1, 0.15) is 5.76 Å². The van der Waals surface area contributed by atoms with Crippen LogP contribution in [0.5, 0.6) is 0 Å². The molecular weight excluding hydrogens is 256 g/mol. The van der Waals surface area contributed by atoms with Gasteiger partial charge in [-0.15, -0.1) is 0 Å². The van der Waals surface area contributed by atoms with Crippen molar-refractivity contribution in [2.24, 2.45) is 0 Å². The van der Waals surface area contributed by atoms with Crippen LogP contribution in [-0.2, 0) is 4.74 Å². The molecular formula is C15H24N2O3. The summed E-state index contributed by atoms with van der Waals surface area (Å²) < 4.78 is 10.3. The van der Waals surface area contributed by atoms with Gasteiger partial charge in [-0.25, -0.2) is 4.79 Å². The molecule has 0 aliphatic carbocycles. The van der Waals surface area contributed by atoms with Gasteiger partial charge in [0.05, 0.1) is 13.2 Å². The summed E-state index contributed by atoms with van der Waals surface area (Å²) in [5.74, 6) is 0.646. The minimum Gasteiger partial charge on any atom is -0.463 e. The van der Waals surface area contributed by atoms with Crippen LogP contribution in [-0.4, -0.2) is 56.1 Å². The van der Waals surface area contributed by atoms with Crippen LogP contribution in [0.1, 0.15) is 42.1 Å². The highest BCUT2D eigenvalue weighted by molar-refractivity contribution is 5.86. The number of carbonyl (C=O) groups excluding carboxylic acids is 1. The molecule has 5 nitrogen and oxygen atoms in total. The highest BCUT2D eigenvalue weighted by Gasteiger charge is 2.27. The third-order valence-corrected chi connectivity index (χ3v) is 4.21.